The predicted octanol–water partition coefficient (Wildman–Crippen LogP) is 3.31. The van der Waals surface area contributed by atoms with Crippen LogP contribution in [0.5, 0.6) is 0 Å². The van der Waals surface area contributed by atoms with Gasteiger partial charge in [-0.1, -0.05) is 30.3 Å². The molecule has 0 saturated carbocycles. The fourth-order valence-corrected chi connectivity index (χ4v) is 4.63. The van der Waals surface area contributed by atoms with Gasteiger partial charge < -0.3 is 23.7 Å². The van der Waals surface area contributed by atoms with Crippen molar-refractivity contribution in [3.63, 3.8) is 0 Å². The minimum Gasteiger partial charge on any atom is -0.461 e. The molecular formula is C24H30N2O5. The van der Waals surface area contributed by atoms with Gasteiger partial charge in [-0.2, -0.15) is 0 Å². The van der Waals surface area contributed by atoms with Crippen LogP contribution in [0.2, 0.25) is 0 Å². The number of likely N-dealkylation sites (tertiary alicyclic amines) is 1. The van der Waals surface area contributed by atoms with Gasteiger partial charge in [0.05, 0.1) is 25.4 Å². The van der Waals surface area contributed by atoms with Crippen molar-refractivity contribution in [1.29, 1.82) is 0 Å². The fourth-order valence-electron chi connectivity index (χ4n) is 4.63. The molecule has 0 atom stereocenters. The minimum atomic E-state index is -0.532. The summed E-state index contributed by atoms with van der Waals surface area (Å²) in [5.41, 5.74) is 3.54. The van der Waals surface area contributed by atoms with Crippen molar-refractivity contribution in [2.24, 2.45) is 0 Å². The first-order valence-electron chi connectivity index (χ1n) is 10.9. The van der Waals surface area contributed by atoms with Crippen LogP contribution in [0.1, 0.15) is 57.4 Å². The van der Waals surface area contributed by atoms with E-state index in [1.165, 1.54) is 0 Å². The average Bonchev–Trinajstić information content (AvgIpc) is 3.31. The Bertz CT molecular complexity index is 950. The summed E-state index contributed by atoms with van der Waals surface area (Å²) in [4.78, 5) is 28.2. The van der Waals surface area contributed by atoms with Gasteiger partial charge in [-0.3, -0.25) is 4.79 Å². The standard InChI is InChI=1S/C24H30N2O5/c1-4-29-23(28)21-17(2)20(18(3)26(21)16-19-8-6-5-7-9-19)22(27)25-12-10-24(11-13-25)30-14-15-31-24/h5-9H,4,10-16H2,1-3H3. The smallest absolute Gasteiger partial charge is 0.355 e. The van der Waals surface area contributed by atoms with E-state index >= 15 is 0 Å². The lowest BCUT2D eigenvalue weighted by atomic mass is 10.0. The van der Waals surface area contributed by atoms with Crippen LogP contribution in [0.25, 0.3) is 0 Å². The molecule has 2 aromatic rings. The van der Waals surface area contributed by atoms with Crippen molar-refractivity contribution in [1.82, 2.24) is 9.47 Å². The van der Waals surface area contributed by atoms with Crippen LogP contribution < -0.4 is 0 Å². The Morgan fingerprint density at radius 2 is 1.71 bits per heavy atom. The fraction of sp³-hybridized carbons (Fsp3) is 0.500. The Morgan fingerprint density at radius 1 is 1.06 bits per heavy atom. The van der Waals surface area contributed by atoms with Crippen molar-refractivity contribution in [3.8, 4) is 0 Å². The van der Waals surface area contributed by atoms with E-state index in [-0.39, 0.29) is 12.5 Å². The number of esters is 1. The molecule has 0 radical (unpaired) electrons. The summed E-state index contributed by atoms with van der Waals surface area (Å²) in [5, 5.41) is 0. The van der Waals surface area contributed by atoms with Gasteiger partial charge >= 0.3 is 5.97 Å². The third-order valence-corrected chi connectivity index (χ3v) is 6.26. The molecule has 2 aliphatic heterocycles. The summed E-state index contributed by atoms with van der Waals surface area (Å²) < 4.78 is 18.8. The lowest BCUT2D eigenvalue weighted by Crippen LogP contribution is -2.47. The Labute approximate surface area is 182 Å². The van der Waals surface area contributed by atoms with Gasteiger partial charge in [-0.25, -0.2) is 4.79 Å². The quantitative estimate of drug-likeness (QED) is 0.686. The number of amides is 1. The molecule has 1 spiro atoms. The van der Waals surface area contributed by atoms with Crippen LogP contribution in [0, 0.1) is 13.8 Å². The number of benzene rings is 1. The largest absolute Gasteiger partial charge is 0.461 e. The molecule has 0 N–H and O–H groups in total. The number of rotatable bonds is 5. The molecule has 4 rings (SSSR count). The Balaban J connectivity index is 1.64. The van der Waals surface area contributed by atoms with Crippen LogP contribution in [-0.4, -0.2) is 60.0 Å². The highest BCUT2D eigenvalue weighted by atomic mass is 16.7. The Hall–Kier alpha value is -2.64. The summed E-state index contributed by atoms with van der Waals surface area (Å²) >= 11 is 0. The normalized spacial score (nSPS) is 17.8. The molecule has 3 heterocycles. The maximum Gasteiger partial charge on any atom is 0.355 e. The zero-order chi connectivity index (χ0) is 22.0. The van der Waals surface area contributed by atoms with E-state index < -0.39 is 11.8 Å². The second-order valence-electron chi connectivity index (χ2n) is 8.13. The third kappa shape index (κ3) is 4.12. The molecule has 1 aromatic heterocycles. The lowest BCUT2D eigenvalue weighted by Gasteiger charge is -2.37. The van der Waals surface area contributed by atoms with Gasteiger partial charge in [0.2, 0.25) is 0 Å². The zero-order valence-corrected chi connectivity index (χ0v) is 18.5. The van der Waals surface area contributed by atoms with E-state index in [0.29, 0.717) is 62.5 Å². The van der Waals surface area contributed by atoms with Crippen molar-refractivity contribution < 1.29 is 23.8 Å². The lowest BCUT2D eigenvalue weighted by molar-refractivity contribution is -0.181. The second-order valence-corrected chi connectivity index (χ2v) is 8.13. The van der Waals surface area contributed by atoms with Crippen LogP contribution in [0.3, 0.4) is 0 Å². The molecule has 2 aliphatic rings. The number of hydrogen-bond acceptors (Lipinski definition) is 5. The summed E-state index contributed by atoms with van der Waals surface area (Å²) in [6, 6.07) is 9.91. The van der Waals surface area contributed by atoms with Gasteiger partial charge in [0.25, 0.3) is 5.91 Å². The maximum atomic E-state index is 13.5. The first-order chi connectivity index (χ1) is 15.0. The molecule has 7 nitrogen and oxygen atoms in total. The number of aromatic nitrogens is 1. The Kier molecular flexibility index (Phi) is 6.16. The highest BCUT2D eigenvalue weighted by molar-refractivity contribution is 6.01. The molecule has 1 amide bonds. The zero-order valence-electron chi connectivity index (χ0n) is 18.5. The molecule has 2 saturated heterocycles. The number of piperidine rings is 1. The van der Waals surface area contributed by atoms with Crippen LogP contribution >= 0.6 is 0 Å². The molecule has 0 bridgehead atoms. The van der Waals surface area contributed by atoms with E-state index in [1.807, 2.05) is 53.6 Å². The van der Waals surface area contributed by atoms with Crippen molar-refractivity contribution in [2.45, 2.75) is 45.9 Å². The molecule has 7 heteroatoms. The number of carbonyl (C=O) groups is 2. The van der Waals surface area contributed by atoms with Crippen LogP contribution in [0.15, 0.2) is 30.3 Å². The number of hydrogen-bond donors (Lipinski definition) is 0. The topological polar surface area (TPSA) is 70.0 Å². The number of ether oxygens (including phenoxy) is 3. The molecule has 166 valence electrons. The van der Waals surface area contributed by atoms with E-state index in [0.717, 1.165) is 11.3 Å². The predicted molar refractivity (Wildman–Crippen MR) is 115 cm³/mol. The van der Waals surface area contributed by atoms with Gasteiger partial charge in [0, 0.05) is 38.2 Å². The molecule has 0 aliphatic carbocycles. The Morgan fingerprint density at radius 3 is 2.32 bits per heavy atom. The minimum absolute atomic E-state index is 0.0554. The number of carbonyl (C=O) groups excluding carboxylic acids is 2. The van der Waals surface area contributed by atoms with E-state index in [2.05, 4.69) is 0 Å². The molecule has 31 heavy (non-hydrogen) atoms. The van der Waals surface area contributed by atoms with Gasteiger partial charge in [-0.05, 0) is 31.9 Å². The maximum absolute atomic E-state index is 13.5. The van der Waals surface area contributed by atoms with Crippen molar-refractivity contribution in [2.75, 3.05) is 32.9 Å². The molecule has 1 aromatic carbocycles. The SMILES string of the molecule is CCOC(=O)c1c(C)c(C(=O)N2CCC3(CC2)OCCO3)c(C)n1Cc1ccccc1. The molecule has 2 fully saturated rings. The second kappa shape index (κ2) is 8.85. The highest BCUT2D eigenvalue weighted by Crippen LogP contribution is 2.33. The monoisotopic (exact) mass is 426 g/mol. The highest BCUT2D eigenvalue weighted by Gasteiger charge is 2.41. The molecule has 0 unspecified atom stereocenters. The summed E-state index contributed by atoms with van der Waals surface area (Å²) in [7, 11) is 0. The summed E-state index contributed by atoms with van der Waals surface area (Å²) in [6.45, 7) is 8.66. The number of nitrogens with zero attached hydrogens (tertiary/aromatic N) is 2. The van der Waals surface area contributed by atoms with Gasteiger partial charge in [0.1, 0.15) is 5.69 Å². The molecular weight excluding hydrogens is 396 g/mol. The van der Waals surface area contributed by atoms with E-state index in [1.54, 1.807) is 6.92 Å². The first kappa shape index (κ1) is 21.6. The third-order valence-electron chi connectivity index (χ3n) is 6.26. The van der Waals surface area contributed by atoms with Crippen LogP contribution in [0.4, 0.5) is 0 Å². The first-order valence-corrected chi connectivity index (χ1v) is 10.9. The van der Waals surface area contributed by atoms with Crippen molar-refractivity contribution >= 4 is 11.9 Å². The van der Waals surface area contributed by atoms with E-state index in [9.17, 15) is 9.59 Å². The average molecular weight is 427 g/mol. The van der Waals surface area contributed by atoms with E-state index in [4.69, 9.17) is 14.2 Å². The van der Waals surface area contributed by atoms with Gasteiger partial charge in [-0.15, -0.1) is 0 Å². The summed E-state index contributed by atoms with van der Waals surface area (Å²) in [6.07, 6.45) is 1.32. The summed E-state index contributed by atoms with van der Waals surface area (Å²) in [5.74, 6) is -0.987. The van der Waals surface area contributed by atoms with Gasteiger partial charge in [0.15, 0.2) is 5.79 Å². The van der Waals surface area contributed by atoms with Crippen LogP contribution in [-0.2, 0) is 20.8 Å². The van der Waals surface area contributed by atoms with Crippen molar-refractivity contribution in [3.05, 3.63) is 58.4 Å².